The number of imidazole rings is 1. The second-order valence-electron chi connectivity index (χ2n) is 8.05. The Balaban J connectivity index is 1.69. The molecule has 1 aliphatic rings. The summed E-state index contributed by atoms with van der Waals surface area (Å²) < 4.78 is 42.9. The summed E-state index contributed by atoms with van der Waals surface area (Å²) in [5.74, 6) is 0. The molecule has 32 heavy (non-hydrogen) atoms. The van der Waals surface area contributed by atoms with E-state index in [2.05, 4.69) is 4.98 Å². The Morgan fingerprint density at radius 3 is 2.34 bits per heavy atom. The van der Waals surface area contributed by atoms with Gasteiger partial charge in [0.1, 0.15) is 0 Å². The van der Waals surface area contributed by atoms with Gasteiger partial charge in [-0.3, -0.25) is 9.36 Å². The van der Waals surface area contributed by atoms with E-state index in [4.69, 9.17) is 0 Å². The maximum absolute atomic E-state index is 13.3. The number of alkyl halides is 3. The normalized spacial score (nSPS) is 14.2. The highest BCUT2D eigenvalue weighted by molar-refractivity contribution is 5.73. The van der Waals surface area contributed by atoms with Crippen LogP contribution < -0.4 is 11.2 Å². The molecule has 0 unspecified atom stereocenters. The lowest BCUT2D eigenvalue weighted by Crippen LogP contribution is -2.39. The van der Waals surface area contributed by atoms with Gasteiger partial charge in [-0.2, -0.15) is 13.2 Å². The zero-order valence-corrected chi connectivity index (χ0v) is 17.1. The first-order valence-corrected chi connectivity index (χ1v) is 10.2. The number of nitrogens with zero attached hydrogens (tertiary/aromatic N) is 4. The standard InChI is InChI=1S/C23H19F3N4O2/c1-14-4-2-3-5-18(14)30-20-19(21(31)29(22(30)32)17-10-11-17)28(13-27-20)12-15-6-8-16(9-7-15)23(24,25)26/h2-9,13,17H,10-12H2,1H3. The van der Waals surface area contributed by atoms with Gasteiger partial charge in [0.05, 0.1) is 17.6 Å². The minimum absolute atomic E-state index is 0.149. The van der Waals surface area contributed by atoms with Crippen molar-refractivity contribution in [2.24, 2.45) is 0 Å². The third-order valence-corrected chi connectivity index (χ3v) is 5.75. The van der Waals surface area contributed by atoms with Crippen molar-refractivity contribution in [1.82, 2.24) is 18.7 Å². The van der Waals surface area contributed by atoms with E-state index >= 15 is 0 Å². The van der Waals surface area contributed by atoms with Gasteiger partial charge in [0.25, 0.3) is 5.56 Å². The lowest BCUT2D eigenvalue weighted by molar-refractivity contribution is -0.137. The molecule has 0 atom stereocenters. The topological polar surface area (TPSA) is 61.8 Å². The van der Waals surface area contributed by atoms with Gasteiger partial charge in [-0.15, -0.1) is 0 Å². The minimum Gasteiger partial charge on any atom is -0.320 e. The Morgan fingerprint density at radius 2 is 1.72 bits per heavy atom. The third-order valence-electron chi connectivity index (χ3n) is 5.75. The molecule has 0 N–H and O–H groups in total. The summed E-state index contributed by atoms with van der Waals surface area (Å²) in [6, 6.07) is 12.0. The van der Waals surface area contributed by atoms with Crippen LogP contribution in [0.1, 0.15) is 35.6 Å². The molecule has 1 saturated carbocycles. The average molecular weight is 440 g/mol. The summed E-state index contributed by atoms with van der Waals surface area (Å²) in [6.45, 7) is 2.03. The molecule has 9 heteroatoms. The van der Waals surface area contributed by atoms with Gasteiger partial charge >= 0.3 is 11.9 Å². The lowest BCUT2D eigenvalue weighted by Gasteiger charge is -2.14. The molecule has 2 heterocycles. The van der Waals surface area contributed by atoms with Crippen LogP contribution in [-0.4, -0.2) is 18.7 Å². The molecular formula is C23H19F3N4O2. The van der Waals surface area contributed by atoms with Crippen molar-refractivity contribution in [2.45, 2.75) is 38.5 Å². The monoisotopic (exact) mass is 440 g/mol. The van der Waals surface area contributed by atoms with E-state index in [-0.39, 0.29) is 23.8 Å². The summed E-state index contributed by atoms with van der Waals surface area (Å²) in [5, 5.41) is 0. The molecular weight excluding hydrogens is 421 g/mol. The highest BCUT2D eigenvalue weighted by atomic mass is 19.4. The molecule has 6 nitrogen and oxygen atoms in total. The van der Waals surface area contributed by atoms with E-state index in [1.54, 1.807) is 10.6 Å². The van der Waals surface area contributed by atoms with Crippen LogP contribution in [0.25, 0.3) is 16.9 Å². The first-order chi connectivity index (χ1) is 15.3. The molecule has 0 radical (unpaired) electrons. The maximum Gasteiger partial charge on any atom is 0.416 e. The van der Waals surface area contributed by atoms with E-state index < -0.39 is 23.0 Å². The van der Waals surface area contributed by atoms with Crippen molar-refractivity contribution in [3.63, 3.8) is 0 Å². The predicted octanol–water partition coefficient (Wildman–Crippen LogP) is 4.06. The summed E-state index contributed by atoms with van der Waals surface area (Å²) in [6.07, 6.45) is -1.46. The molecule has 0 saturated heterocycles. The molecule has 0 spiro atoms. The molecule has 5 rings (SSSR count). The van der Waals surface area contributed by atoms with Crippen molar-refractivity contribution < 1.29 is 13.2 Å². The van der Waals surface area contributed by atoms with E-state index in [1.165, 1.54) is 27.6 Å². The molecule has 2 aromatic heterocycles. The molecule has 0 amide bonds. The largest absolute Gasteiger partial charge is 0.416 e. The summed E-state index contributed by atoms with van der Waals surface area (Å²) in [4.78, 5) is 31.0. The fourth-order valence-corrected chi connectivity index (χ4v) is 3.96. The van der Waals surface area contributed by atoms with E-state index in [0.29, 0.717) is 11.3 Å². The molecule has 164 valence electrons. The molecule has 4 aromatic rings. The molecule has 1 aliphatic carbocycles. The Kier molecular flexibility index (Phi) is 4.58. The molecule has 2 aromatic carbocycles. The Hall–Kier alpha value is -3.62. The Labute approximate surface area is 180 Å². The number of hydrogen-bond acceptors (Lipinski definition) is 3. The van der Waals surface area contributed by atoms with Crippen LogP contribution in [0, 0.1) is 6.92 Å². The first kappa shape index (κ1) is 20.3. The van der Waals surface area contributed by atoms with E-state index in [9.17, 15) is 22.8 Å². The number of halogens is 3. The Bertz CT molecular complexity index is 1440. The molecule has 0 aliphatic heterocycles. The summed E-state index contributed by atoms with van der Waals surface area (Å²) >= 11 is 0. The van der Waals surface area contributed by atoms with Crippen LogP contribution in [0.15, 0.2) is 64.4 Å². The number of fused-ring (bicyclic) bond motifs is 1. The fourth-order valence-electron chi connectivity index (χ4n) is 3.96. The number of benzene rings is 2. The van der Waals surface area contributed by atoms with Crippen molar-refractivity contribution in [2.75, 3.05) is 0 Å². The average Bonchev–Trinajstić information content (AvgIpc) is 3.49. The summed E-state index contributed by atoms with van der Waals surface area (Å²) in [5.41, 5.74) is 0.967. The van der Waals surface area contributed by atoms with Gasteiger partial charge < -0.3 is 4.57 Å². The number of aryl methyl sites for hydroxylation is 1. The molecule has 0 bridgehead atoms. The lowest BCUT2D eigenvalue weighted by atomic mass is 10.1. The first-order valence-electron chi connectivity index (χ1n) is 10.2. The number of rotatable bonds is 4. The van der Waals surface area contributed by atoms with Crippen LogP contribution in [0.2, 0.25) is 0 Å². The second kappa shape index (κ2) is 7.22. The van der Waals surface area contributed by atoms with Crippen LogP contribution >= 0.6 is 0 Å². The minimum atomic E-state index is -4.41. The van der Waals surface area contributed by atoms with Crippen LogP contribution in [0.4, 0.5) is 13.2 Å². The van der Waals surface area contributed by atoms with Crippen molar-refractivity contribution in [3.8, 4) is 5.69 Å². The van der Waals surface area contributed by atoms with Gasteiger partial charge in [-0.25, -0.2) is 14.3 Å². The van der Waals surface area contributed by atoms with Gasteiger partial charge in [0.15, 0.2) is 11.2 Å². The zero-order chi connectivity index (χ0) is 22.6. The van der Waals surface area contributed by atoms with Crippen molar-refractivity contribution >= 4 is 11.2 Å². The van der Waals surface area contributed by atoms with Gasteiger partial charge in [-0.1, -0.05) is 30.3 Å². The smallest absolute Gasteiger partial charge is 0.320 e. The highest BCUT2D eigenvalue weighted by Gasteiger charge is 2.31. The van der Waals surface area contributed by atoms with Gasteiger partial charge in [0.2, 0.25) is 0 Å². The summed E-state index contributed by atoms with van der Waals surface area (Å²) in [7, 11) is 0. The van der Waals surface area contributed by atoms with Gasteiger partial charge in [-0.05, 0) is 49.1 Å². The predicted molar refractivity (Wildman–Crippen MR) is 113 cm³/mol. The third kappa shape index (κ3) is 3.34. The van der Waals surface area contributed by atoms with Crippen LogP contribution in [0.5, 0.6) is 0 Å². The zero-order valence-electron chi connectivity index (χ0n) is 17.1. The number of aromatic nitrogens is 4. The maximum atomic E-state index is 13.3. The van der Waals surface area contributed by atoms with Crippen molar-refractivity contribution in [1.29, 1.82) is 0 Å². The number of hydrogen-bond donors (Lipinski definition) is 0. The van der Waals surface area contributed by atoms with Crippen LogP contribution in [-0.2, 0) is 12.7 Å². The highest BCUT2D eigenvalue weighted by Crippen LogP contribution is 2.33. The van der Waals surface area contributed by atoms with E-state index in [1.807, 2.05) is 25.1 Å². The van der Waals surface area contributed by atoms with Gasteiger partial charge in [0, 0.05) is 12.6 Å². The second-order valence-corrected chi connectivity index (χ2v) is 8.05. The SMILES string of the molecule is Cc1ccccc1-n1c(=O)n(C2CC2)c(=O)c2c1ncn2Cc1ccc(C(F)(F)F)cc1. The number of para-hydroxylation sites is 1. The van der Waals surface area contributed by atoms with Crippen LogP contribution in [0.3, 0.4) is 0 Å². The van der Waals surface area contributed by atoms with E-state index in [0.717, 1.165) is 30.5 Å². The molecule has 1 fully saturated rings. The van der Waals surface area contributed by atoms with Crippen molar-refractivity contribution in [3.05, 3.63) is 92.4 Å². The quantitative estimate of drug-likeness (QED) is 0.481. The fraction of sp³-hybridized carbons (Fsp3) is 0.261. The Morgan fingerprint density at radius 1 is 1.03 bits per heavy atom.